The molecule has 0 atom stereocenters. The summed E-state index contributed by atoms with van der Waals surface area (Å²) in [5.74, 6) is 0. The Morgan fingerprint density at radius 3 is 0.904 bits per heavy atom. The number of likely N-dealkylation sites (tertiary alicyclic amines) is 1. The minimum absolute atomic E-state index is 0.0114. The Morgan fingerprint density at radius 2 is 0.692 bits per heavy atom. The van der Waals surface area contributed by atoms with Crippen LogP contribution in [-0.4, -0.2) is 37.3 Å². The number of unbranched alkanes of at least 4 members (excludes halogenated alkanes) is 1. The van der Waals surface area contributed by atoms with E-state index < -0.39 is 53.1 Å². The number of nitrogens with zero attached hydrogens (tertiary/aromatic N) is 1. The van der Waals surface area contributed by atoms with E-state index in [1.807, 2.05) is 0 Å². The van der Waals surface area contributed by atoms with Crippen LogP contribution in [0.1, 0.15) is 61.3 Å². The topological polar surface area (TPSA) is 0 Å². The van der Waals surface area contributed by atoms with Crippen LogP contribution in [0.4, 0.5) is 52.7 Å². The lowest BCUT2D eigenvalue weighted by molar-refractivity contribution is -0.914. The van der Waals surface area contributed by atoms with Gasteiger partial charge in [0.05, 0.1) is 48.9 Å². The molecule has 0 N–H and O–H groups in total. The smallest absolute Gasteiger partial charge is 0.326 e. The van der Waals surface area contributed by atoms with Crippen molar-refractivity contribution in [3.8, 4) is 0 Å². The van der Waals surface area contributed by atoms with Crippen molar-refractivity contribution in [3.05, 3.63) is 119 Å². The fourth-order valence-corrected chi connectivity index (χ4v) is 7.04. The van der Waals surface area contributed by atoms with E-state index in [9.17, 15) is 52.7 Å². The van der Waals surface area contributed by atoms with Gasteiger partial charge in [-0.1, -0.05) is 110 Å². The Morgan fingerprint density at radius 1 is 0.442 bits per heavy atom. The summed E-state index contributed by atoms with van der Waals surface area (Å²) in [4.78, 5) is 0. The van der Waals surface area contributed by atoms with Gasteiger partial charge in [0.2, 0.25) is 0 Å². The molecule has 1 heterocycles. The molecular formula is C38H38BF12N. The molecule has 14 heteroatoms. The summed E-state index contributed by atoms with van der Waals surface area (Å²) in [5, 5.41) is 0. The van der Waals surface area contributed by atoms with E-state index in [2.05, 4.69) is 14.0 Å². The second-order valence-corrected chi connectivity index (χ2v) is 13.5. The van der Waals surface area contributed by atoms with Crippen molar-refractivity contribution in [1.82, 2.24) is 0 Å². The van der Waals surface area contributed by atoms with Crippen LogP contribution < -0.4 is 21.9 Å². The highest BCUT2D eigenvalue weighted by Gasteiger charge is 2.38. The molecule has 0 unspecified atom stereocenters. The third-order valence-electron chi connectivity index (χ3n) is 9.90. The zero-order valence-electron chi connectivity index (χ0n) is 28.5. The van der Waals surface area contributed by atoms with E-state index in [1.165, 1.54) is 56.2 Å². The molecule has 0 saturated carbocycles. The normalized spacial score (nSPS) is 15.5. The molecule has 0 amide bonds. The van der Waals surface area contributed by atoms with E-state index >= 15 is 0 Å². The van der Waals surface area contributed by atoms with Crippen LogP contribution in [0.5, 0.6) is 0 Å². The van der Waals surface area contributed by atoms with Gasteiger partial charge in [-0.2, -0.15) is 74.5 Å². The summed E-state index contributed by atoms with van der Waals surface area (Å²) in [7, 11) is 2.43. The molecule has 1 aliphatic heterocycles. The first-order chi connectivity index (χ1) is 24.1. The first kappa shape index (κ1) is 40.8. The number of benzene rings is 4. The second-order valence-electron chi connectivity index (χ2n) is 13.5. The van der Waals surface area contributed by atoms with Crippen LogP contribution in [0.3, 0.4) is 0 Å². The zero-order valence-corrected chi connectivity index (χ0v) is 28.5. The SMILES string of the molecule is CCCC[N+]1(C)CCCCC1.FC(F)(F)c1ccc([B-](c2ccc(C(F)(F)F)cc2)(c2ccc(C(F)(F)F)cc2)c2ccc(C(F)(F)F)cc2)cc1. The molecule has 4 aromatic carbocycles. The Labute approximate surface area is 294 Å². The second kappa shape index (κ2) is 15.6. The van der Waals surface area contributed by atoms with Gasteiger partial charge in [0, 0.05) is 0 Å². The molecule has 0 radical (unpaired) electrons. The third-order valence-corrected chi connectivity index (χ3v) is 9.90. The highest BCUT2D eigenvalue weighted by Crippen LogP contribution is 2.32. The summed E-state index contributed by atoms with van der Waals surface area (Å²) in [6.45, 7) is 6.56. The van der Waals surface area contributed by atoms with Gasteiger partial charge in [0.25, 0.3) is 0 Å². The number of rotatable bonds is 7. The first-order valence-electron chi connectivity index (χ1n) is 16.8. The van der Waals surface area contributed by atoms with Gasteiger partial charge in [-0.25, -0.2) is 0 Å². The van der Waals surface area contributed by atoms with Crippen molar-refractivity contribution >= 4 is 28.0 Å². The Kier molecular flexibility index (Phi) is 12.2. The van der Waals surface area contributed by atoms with Gasteiger partial charge in [-0.3, -0.25) is 0 Å². The zero-order chi connectivity index (χ0) is 38.6. The molecule has 1 nitrogen and oxygen atoms in total. The first-order valence-corrected chi connectivity index (χ1v) is 16.8. The highest BCUT2D eigenvalue weighted by atomic mass is 19.4. The third kappa shape index (κ3) is 9.53. The van der Waals surface area contributed by atoms with Crippen molar-refractivity contribution in [1.29, 1.82) is 0 Å². The van der Waals surface area contributed by atoms with E-state index in [4.69, 9.17) is 0 Å². The summed E-state index contributed by atoms with van der Waals surface area (Å²) in [5.41, 5.74) is -4.29. The molecule has 0 aromatic heterocycles. The van der Waals surface area contributed by atoms with Crippen molar-refractivity contribution in [2.24, 2.45) is 0 Å². The number of piperidine rings is 1. The minimum atomic E-state index is -4.77. The summed E-state index contributed by atoms with van der Waals surface area (Å²) < 4.78 is 161. The molecule has 0 bridgehead atoms. The van der Waals surface area contributed by atoms with E-state index in [1.54, 1.807) is 0 Å². The number of hydrogen-bond acceptors (Lipinski definition) is 0. The van der Waals surface area contributed by atoms with Crippen LogP contribution >= 0.6 is 0 Å². The Balaban J connectivity index is 0.000000470. The van der Waals surface area contributed by atoms with Gasteiger partial charge < -0.3 is 4.48 Å². The molecule has 1 aliphatic rings. The number of alkyl halides is 12. The lowest BCUT2D eigenvalue weighted by Crippen LogP contribution is -2.74. The molecule has 1 saturated heterocycles. The van der Waals surface area contributed by atoms with E-state index in [-0.39, 0.29) is 21.9 Å². The predicted molar refractivity (Wildman–Crippen MR) is 180 cm³/mol. The van der Waals surface area contributed by atoms with Gasteiger partial charge in [0.1, 0.15) is 6.15 Å². The van der Waals surface area contributed by atoms with Gasteiger partial charge in [-0.05, 0) is 25.7 Å². The summed E-state index contributed by atoms with van der Waals surface area (Å²) >= 11 is 0. The van der Waals surface area contributed by atoms with Crippen molar-refractivity contribution in [2.45, 2.75) is 63.7 Å². The molecule has 52 heavy (non-hydrogen) atoms. The monoisotopic (exact) mass is 747 g/mol. The number of hydrogen-bond donors (Lipinski definition) is 0. The molecule has 0 aliphatic carbocycles. The molecule has 4 aromatic rings. The highest BCUT2D eigenvalue weighted by molar-refractivity contribution is 7.19. The van der Waals surface area contributed by atoms with Crippen LogP contribution in [0.2, 0.25) is 0 Å². The lowest BCUT2D eigenvalue weighted by Gasteiger charge is -2.44. The Bertz CT molecular complexity index is 1480. The molecule has 5 rings (SSSR count). The number of quaternary nitrogens is 1. The standard InChI is InChI=1S/C28H16BF12.C10H22N/c30-25(31,32)17-1-9-21(10-2-17)29(22-11-3-18(4-12-22)26(33,34)35,23-13-5-19(6-14-23)27(36,37)38)24-15-7-20(8-16-24)28(39,40)41;1-3-4-8-11(2)9-6-5-7-10-11/h1-16H;3-10H2,1-2H3/q-1;+1. The minimum Gasteiger partial charge on any atom is -0.326 e. The van der Waals surface area contributed by atoms with Crippen molar-refractivity contribution < 1.29 is 57.2 Å². The largest absolute Gasteiger partial charge is 0.416 e. The van der Waals surface area contributed by atoms with Crippen molar-refractivity contribution in [2.75, 3.05) is 26.7 Å². The van der Waals surface area contributed by atoms with Crippen LogP contribution in [0.15, 0.2) is 97.1 Å². The lowest BCUT2D eigenvalue weighted by atomic mass is 9.13. The maximum absolute atomic E-state index is 13.3. The van der Waals surface area contributed by atoms with Gasteiger partial charge in [0.15, 0.2) is 0 Å². The van der Waals surface area contributed by atoms with Crippen LogP contribution in [0.25, 0.3) is 0 Å². The predicted octanol–water partition coefficient (Wildman–Crippen LogP) is 9.56. The van der Waals surface area contributed by atoms with E-state index in [0.717, 1.165) is 48.5 Å². The average Bonchev–Trinajstić information content (AvgIpc) is 3.08. The van der Waals surface area contributed by atoms with Gasteiger partial charge >= 0.3 is 24.7 Å². The molecule has 282 valence electrons. The summed E-state index contributed by atoms with van der Waals surface area (Å²) in [6, 6.07) is 13.6. The molecular weight excluding hydrogens is 709 g/mol. The molecule has 1 fully saturated rings. The number of halogens is 12. The van der Waals surface area contributed by atoms with Crippen molar-refractivity contribution in [3.63, 3.8) is 0 Å². The van der Waals surface area contributed by atoms with Gasteiger partial charge in [-0.15, -0.1) is 0 Å². The van der Waals surface area contributed by atoms with Crippen LogP contribution in [-0.2, 0) is 24.7 Å². The fraction of sp³-hybridized carbons (Fsp3) is 0.368. The molecule has 0 spiro atoms. The maximum atomic E-state index is 13.3. The fourth-order valence-electron chi connectivity index (χ4n) is 7.04. The summed E-state index contributed by atoms with van der Waals surface area (Å²) in [6.07, 6.45) is -14.8. The van der Waals surface area contributed by atoms with Crippen LogP contribution in [0, 0.1) is 0 Å². The average molecular weight is 748 g/mol. The Hall–Kier alpha value is -3.94. The van der Waals surface area contributed by atoms with E-state index in [0.29, 0.717) is 48.5 Å². The maximum Gasteiger partial charge on any atom is 0.416 e. The quantitative estimate of drug-likeness (QED) is 0.100.